The zero-order chi connectivity index (χ0) is 24.9. The van der Waals surface area contributed by atoms with Crippen molar-refractivity contribution in [2.24, 2.45) is 0 Å². The van der Waals surface area contributed by atoms with E-state index < -0.39 is 17.5 Å². The summed E-state index contributed by atoms with van der Waals surface area (Å²) in [6.07, 6.45) is 3.00. The maximum Gasteiger partial charge on any atom is 0.408 e. The van der Waals surface area contributed by atoms with Gasteiger partial charge in [-0.05, 0) is 52.2 Å². The van der Waals surface area contributed by atoms with Crippen LogP contribution in [0.1, 0.15) is 66.3 Å². The van der Waals surface area contributed by atoms with Gasteiger partial charge in [0.2, 0.25) is 5.88 Å². The Morgan fingerprint density at radius 2 is 2.00 bits per heavy atom. The minimum absolute atomic E-state index is 0.0169. The Bertz CT molecular complexity index is 1050. The second kappa shape index (κ2) is 10.6. The van der Waals surface area contributed by atoms with E-state index in [-0.39, 0.29) is 41.6 Å². The number of ether oxygens (including phenoxy) is 2. The molecule has 1 aliphatic rings. The predicted octanol–water partition coefficient (Wildman–Crippen LogP) is 4.13. The number of hydrogen-bond donors (Lipinski definition) is 1. The molecular weight excluding hydrogens is 441 g/mol. The summed E-state index contributed by atoms with van der Waals surface area (Å²) >= 11 is 0. The van der Waals surface area contributed by atoms with Crippen LogP contribution in [0.15, 0.2) is 36.5 Å². The molecule has 0 radical (unpaired) electrons. The summed E-state index contributed by atoms with van der Waals surface area (Å²) in [5.74, 6) is -0.762. The standard InChI is InChI=1S/C25H30FN3O5/c1-25(2,3)34-24(32)28-20-10-7-11-21(20)33-22-17(12-18(26)13-27-22)14-29(4)23(31)19-9-6-5-8-16(19)15-30/h5-6,8-9,12-13,15,20-21H,7,10-11,14H2,1-4H3,(H,28,32). The minimum atomic E-state index is -0.621. The first-order valence-electron chi connectivity index (χ1n) is 11.2. The highest BCUT2D eigenvalue weighted by Gasteiger charge is 2.33. The molecule has 0 saturated heterocycles. The average Bonchev–Trinajstić information content (AvgIpc) is 3.19. The summed E-state index contributed by atoms with van der Waals surface area (Å²) in [6.45, 7) is 5.38. The van der Waals surface area contributed by atoms with Gasteiger partial charge >= 0.3 is 6.09 Å². The largest absolute Gasteiger partial charge is 0.472 e. The molecule has 2 amide bonds. The Morgan fingerprint density at radius 3 is 2.71 bits per heavy atom. The molecule has 0 aliphatic heterocycles. The van der Waals surface area contributed by atoms with Gasteiger partial charge in [-0.1, -0.05) is 18.2 Å². The molecule has 34 heavy (non-hydrogen) atoms. The molecule has 1 aromatic heterocycles. The Morgan fingerprint density at radius 1 is 1.26 bits per heavy atom. The van der Waals surface area contributed by atoms with E-state index in [0.29, 0.717) is 24.7 Å². The molecule has 1 aromatic carbocycles. The van der Waals surface area contributed by atoms with Gasteiger partial charge in [-0.3, -0.25) is 9.59 Å². The lowest BCUT2D eigenvalue weighted by molar-refractivity contribution is 0.0460. The number of pyridine rings is 1. The number of carbonyl (C=O) groups excluding carboxylic acids is 3. The third kappa shape index (κ3) is 6.52. The molecule has 1 fully saturated rings. The van der Waals surface area contributed by atoms with Crippen molar-refractivity contribution in [1.29, 1.82) is 0 Å². The Balaban J connectivity index is 1.74. The molecule has 1 N–H and O–H groups in total. The summed E-state index contributed by atoms with van der Waals surface area (Å²) in [5.41, 5.74) is 0.284. The van der Waals surface area contributed by atoms with E-state index in [1.54, 1.807) is 52.1 Å². The van der Waals surface area contributed by atoms with Crippen molar-refractivity contribution in [2.75, 3.05) is 7.05 Å². The second-order valence-electron chi connectivity index (χ2n) is 9.32. The van der Waals surface area contributed by atoms with Gasteiger partial charge in [0, 0.05) is 18.2 Å². The molecule has 8 nitrogen and oxygen atoms in total. The highest BCUT2D eigenvalue weighted by atomic mass is 19.1. The van der Waals surface area contributed by atoms with Gasteiger partial charge in [-0.15, -0.1) is 0 Å². The van der Waals surface area contributed by atoms with Gasteiger partial charge in [0.15, 0.2) is 6.29 Å². The summed E-state index contributed by atoms with van der Waals surface area (Å²) < 4.78 is 25.5. The Kier molecular flexibility index (Phi) is 7.86. The van der Waals surface area contributed by atoms with Crippen molar-refractivity contribution in [2.45, 2.75) is 64.3 Å². The average molecular weight is 472 g/mol. The summed E-state index contributed by atoms with van der Waals surface area (Å²) in [6, 6.07) is 7.45. The molecule has 2 aromatic rings. The predicted molar refractivity (Wildman–Crippen MR) is 123 cm³/mol. The first kappa shape index (κ1) is 25.1. The molecule has 9 heteroatoms. The molecule has 3 rings (SSSR count). The second-order valence-corrected chi connectivity index (χ2v) is 9.32. The molecule has 1 saturated carbocycles. The number of nitrogens with zero attached hydrogens (tertiary/aromatic N) is 2. The van der Waals surface area contributed by atoms with Gasteiger partial charge in [-0.25, -0.2) is 14.2 Å². The minimum Gasteiger partial charge on any atom is -0.472 e. The third-order valence-electron chi connectivity index (χ3n) is 5.38. The molecular formula is C25H30FN3O5. The fraction of sp³-hybridized carbons (Fsp3) is 0.440. The van der Waals surface area contributed by atoms with Crippen LogP contribution in [0.3, 0.4) is 0 Å². The van der Waals surface area contributed by atoms with Crippen molar-refractivity contribution in [1.82, 2.24) is 15.2 Å². The lowest BCUT2D eigenvalue weighted by Crippen LogP contribution is -2.44. The number of nitrogens with one attached hydrogen (secondary N) is 1. The van der Waals surface area contributed by atoms with Crippen molar-refractivity contribution >= 4 is 18.3 Å². The zero-order valence-electron chi connectivity index (χ0n) is 19.8. The van der Waals surface area contributed by atoms with E-state index in [0.717, 1.165) is 12.6 Å². The van der Waals surface area contributed by atoms with E-state index in [2.05, 4.69) is 10.3 Å². The molecule has 1 heterocycles. The molecule has 1 aliphatic carbocycles. The van der Waals surface area contributed by atoms with Gasteiger partial charge in [0.25, 0.3) is 5.91 Å². The Labute approximate surface area is 198 Å². The van der Waals surface area contributed by atoms with E-state index in [4.69, 9.17) is 9.47 Å². The highest BCUT2D eigenvalue weighted by Crippen LogP contribution is 2.27. The maximum absolute atomic E-state index is 14.0. The van der Waals surface area contributed by atoms with E-state index in [1.807, 2.05) is 0 Å². The number of hydrogen-bond acceptors (Lipinski definition) is 6. The van der Waals surface area contributed by atoms with Crippen LogP contribution in [0.4, 0.5) is 9.18 Å². The van der Waals surface area contributed by atoms with E-state index in [1.165, 1.54) is 11.0 Å². The van der Waals surface area contributed by atoms with Crippen molar-refractivity contribution in [3.63, 3.8) is 0 Å². The Hall–Kier alpha value is -3.49. The zero-order valence-corrected chi connectivity index (χ0v) is 19.8. The van der Waals surface area contributed by atoms with Crippen molar-refractivity contribution in [3.05, 3.63) is 59.0 Å². The van der Waals surface area contributed by atoms with Gasteiger partial charge in [-0.2, -0.15) is 0 Å². The highest BCUT2D eigenvalue weighted by molar-refractivity contribution is 6.01. The van der Waals surface area contributed by atoms with Crippen LogP contribution in [0.5, 0.6) is 5.88 Å². The van der Waals surface area contributed by atoms with E-state index >= 15 is 0 Å². The van der Waals surface area contributed by atoms with Crippen molar-refractivity contribution in [3.8, 4) is 5.88 Å². The summed E-state index contributed by atoms with van der Waals surface area (Å²) in [4.78, 5) is 41.9. The fourth-order valence-electron chi connectivity index (χ4n) is 3.85. The first-order valence-corrected chi connectivity index (χ1v) is 11.2. The quantitative estimate of drug-likeness (QED) is 0.610. The molecule has 0 bridgehead atoms. The number of aromatic nitrogens is 1. The van der Waals surface area contributed by atoms with Gasteiger partial charge in [0.1, 0.15) is 17.5 Å². The number of aldehydes is 1. The molecule has 2 unspecified atom stereocenters. The number of benzene rings is 1. The number of halogens is 1. The van der Waals surface area contributed by atoms with Crippen LogP contribution >= 0.6 is 0 Å². The van der Waals surface area contributed by atoms with Crippen LogP contribution in [0, 0.1) is 5.82 Å². The summed E-state index contributed by atoms with van der Waals surface area (Å²) in [5, 5.41) is 2.84. The van der Waals surface area contributed by atoms with Crippen LogP contribution in [0.25, 0.3) is 0 Å². The molecule has 2 atom stereocenters. The van der Waals surface area contributed by atoms with Crippen LogP contribution < -0.4 is 10.1 Å². The van der Waals surface area contributed by atoms with Crippen molar-refractivity contribution < 1.29 is 28.2 Å². The molecule has 182 valence electrons. The number of carbonyl (C=O) groups is 3. The van der Waals surface area contributed by atoms with Gasteiger partial charge < -0.3 is 19.7 Å². The number of rotatable bonds is 7. The van der Waals surface area contributed by atoms with Gasteiger partial charge in [0.05, 0.1) is 24.3 Å². The fourth-order valence-corrected chi connectivity index (χ4v) is 3.85. The SMILES string of the molecule is CN(Cc1cc(F)cnc1OC1CCCC1NC(=O)OC(C)(C)C)C(=O)c1ccccc1C=O. The maximum atomic E-state index is 14.0. The number of alkyl carbamates (subject to hydrolysis) is 1. The van der Waals surface area contributed by atoms with E-state index in [9.17, 15) is 18.8 Å². The monoisotopic (exact) mass is 471 g/mol. The lowest BCUT2D eigenvalue weighted by Gasteiger charge is -2.26. The van der Waals surface area contributed by atoms with Crippen LogP contribution in [-0.2, 0) is 11.3 Å². The molecule has 0 spiro atoms. The normalized spacial score (nSPS) is 17.7. The number of amides is 2. The summed E-state index contributed by atoms with van der Waals surface area (Å²) in [7, 11) is 1.56. The lowest BCUT2D eigenvalue weighted by atomic mass is 10.1. The third-order valence-corrected chi connectivity index (χ3v) is 5.38. The smallest absolute Gasteiger partial charge is 0.408 e. The first-order chi connectivity index (χ1) is 16.1. The topological polar surface area (TPSA) is 97.8 Å². The van der Waals surface area contributed by atoms with Crippen LogP contribution in [0.2, 0.25) is 0 Å². The van der Waals surface area contributed by atoms with Crippen LogP contribution in [-0.4, -0.2) is 53.0 Å².